The zero-order valence-corrected chi connectivity index (χ0v) is 18.1. The molecule has 1 aromatic heterocycles. The van der Waals surface area contributed by atoms with Crippen molar-refractivity contribution in [2.45, 2.75) is 46.1 Å². The van der Waals surface area contributed by atoms with Crippen LogP contribution >= 0.6 is 11.3 Å². The molecule has 0 N–H and O–H groups in total. The Kier molecular flexibility index (Phi) is 7.84. The first-order valence-electron chi connectivity index (χ1n) is 10.2. The molecule has 7 nitrogen and oxygen atoms in total. The highest BCUT2D eigenvalue weighted by molar-refractivity contribution is 7.18. The fraction of sp³-hybridized carbons (Fsp3) is 0.409. The molecule has 30 heavy (non-hydrogen) atoms. The second-order valence-corrected chi connectivity index (χ2v) is 8.26. The molecule has 158 valence electrons. The summed E-state index contributed by atoms with van der Waals surface area (Å²) in [6, 6.07) is 12.3. The maximum absolute atomic E-state index is 10.9. The second-order valence-electron chi connectivity index (χ2n) is 7.14. The van der Waals surface area contributed by atoms with Crippen LogP contribution in [0.3, 0.4) is 0 Å². The Morgan fingerprint density at radius 3 is 2.87 bits per heavy atom. The van der Waals surface area contributed by atoms with E-state index in [2.05, 4.69) is 29.1 Å². The van der Waals surface area contributed by atoms with Crippen LogP contribution in [0.2, 0.25) is 0 Å². The van der Waals surface area contributed by atoms with Gasteiger partial charge in [-0.25, -0.2) is 4.98 Å². The summed E-state index contributed by atoms with van der Waals surface area (Å²) in [6.45, 7) is 5.46. The molecule has 0 fully saturated rings. The highest BCUT2D eigenvalue weighted by Gasteiger charge is 2.10. The Bertz CT molecular complexity index is 1020. The third-order valence-corrected chi connectivity index (χ3v) is 5.87. The molecule has 1 heterocycles. The summed E-state index contributed by atoms with van der Waals surface area (Å²) in [5.41, 5.74) is 1.53. The number of nitro groups is 1. The lowest BCUT2D eigenvalue weighted by Crippen LogP contribution is -2.11. The maximum Gasteiger partial charge on any atom is 0.270 e. The summed E-state index contributed by atoms with van der Waals surface area (Å²) in [4.78, 5) is 15.0. The maximum atomic E-state index is 10.9. The number of aromatic nitrogens is 1. The van der Waals surface area contributed by atoms with Gasteiger partial charge in [-0.2, -0.15) is 10.2 Å². The van der Waals surface area contributed by atoms with Gasteiger partial charge < -0.3 is 4.74 Å². The number of ether oxygens (including phenoxy) is 1. The van der Waals surface area contributed by atoms with Crippen molar-refractivity contribution < 1.29 is 9.66 Å². The average molecular weight is 427 g/mol. The highest BCUT2D eigenvalue weighted by Crippen LogP contribution is 2.27. The van der Waals surface area contributed by atoms with Crippen LogP contribution < -0.4 is 4.74 Å². The van der Waals surface area contributed by atoms with E-state index in [4.69, 9.17) is 4.74 Å². The van der Waals surface area contributed by atoms with E-state index in [0.29, 0.717) is 12.5 Å². The second kappa shape index (κ2) is 10.8. The first-order valence-corrected chi connectivity index (χ1v) is 11.0. The number of azo groups is 1. The van der Waals surface area contributed by atoms with E-state index in [1.54, 1.807) is 12.1 Å². The highest BCUT2D eigenvalue weighted by atomic mass is 32.1. The summed E-state index contributed by atoms with van der Waals surface area (Å²) in [5.74, 6) is 1.37. The van der Waals surface area contributed by atoms with Gasteiger partial charge in [0, 0.05) is 18.2 Å². The Morgan fingerprint density at radius 2 is 2.10 bits per heavy atom. The van der Waals surface area contributed by atoms with Crippen LogP contribution in [-0.4, -0.2) is 16.5 Å². The van der Waals surface area contributed by atoms with Crippen molar-refractivity contribution in [2.24, 2.45) is 16.1 Å². The molecule has 0 aliphatic carbocycles. The molecule has 3 rings (SSSR count). The number of hydrogen-bond acceptors (Lipinski definition) is 7. The molecule has 8 heteroatoms. The van der Waals surface area contributed by atoms with Crippen molar-refractivity contribution in [3.8, 4) is 5.75 Å². The molecule has 1 unspecified atom stereocenters. The van der Waals surface area contributed by atoms with Gasteiger partial charge in [-0.15, -0.1) is 11.3 Å². The van der Waals surface area contributed by atoms with Crippen LogP contribution in [0.25, 0.3) is 10.2 Å². The lowest BCUT2D eigenvalue weighted by Gasteiger charge is -2.15. The van der Waals surface area contributed by atoms with Gasteiger partial charge in [0.1, 0.15) is 17.3 Å². The molecule has 3 aromatic rings. The summed E-state index contributed by atoms with van der Waals surface area (Å²) in [6.07, 6.45) is 4.75. The van der Waals surface area contributed by atoms with Crippen LogP contribution in [0.15, 0.2) is 52.7 Å². The summed E-state index contributed by atoms with van der Waals surface area (Å²) in [7, 11) is 0. The number of fused-ring (bicyclic) bond motifs is 1. The largest absolute Gasteiger partial charge is 0.493 e. The van der Waals surface area contributed by atoms with Gasteiger partial charge in [0.25, 0.3) is 5.69 Å². The van der Waals surface area contributed by atoms with E-state index in [1.807, 2.05) is 24.3 Å². The number of nitrogens with zero attached hydrogens (tertiary/aromatic N) is 4. The number of thiazole rings is 1. The predicted molar refractivity (Wildman–Crippen MR) is 120 cm³/mol. The smallest absolute Gasteiger partial charge is 0.270 e. The molecule has 2 aromatic carbocycles. The lowest BCUT2D eigenvalue weighted by atomic mass is 10.0. The summed E-state index contributed by atoms with van der Waals surface area (Å²) < 4.78 is 6.74. The molecule has 0 spiro atoms. The Labute approximate surface area is 180 Å². The number of hydrogen-bond donors (Lipinski definition) is 0. The van der Waals surface area contributed by atoms with Crippen LogP contribution in [-0.2, 0) is 6.54 Å². The topological polar surface area (TPSA) is 90.0 Å². The monoisotopic (exact) mass is 426 g/mol. The van der Waals surface area contributed by atoms with E-state index in [1.165, 1.54) is 36.7 Å². The normalized spacial score (nSPS) is 12.5. The lowest BCUT2D eigenvalue weighted by molar-refractivity contribution is -0.384. The SMILES string of the molecule is CCCCC(CC)COc1cccc(N=NCc2nc3ccc([N+](=O)[O-])cc3s2)c1. The Hall–Kier alpha value is -2.87. The fourth-order valence-electron chi connectivity index (χ4n) is 3.07. The number of nitro benzene ring substituents is 1. The first-order chi connectivity index (χ1) is 14.6. The molecule has 0 aliphatic heterocycles. The molecule has 0 saturated heterocycles. The third kappa shape index (κ3) is 6.06. The molecule has 0 radical (unpaired) electrons. The van der Waals surface area contributed by atoms with Crippen molar-refractivity contribution in [3.63, 3.8) is 0 Å². The van der Waals surface area contributed by atoms with E-state index in [9.17, 15) is 10.1 Å². The van der Waals surface area contributed by atoms with E-state index >= 15 is 0 Å². The molecule has 1 atom stereocenters. The van der Waals surface area contributed by atoms with Crippen molar-refractivity contribution in [3.05, 3.63) is 57.6 Å². The van der Waals surface area contributed by atoms with Crippen molar-refractivity contribution in [2.75, 3.05) is 6.61 Å². The van der Waals surface area contributed by atoms with Gasteiger partial charge >= 0.3 is 0 Å². The van der Waals surface area contributed by atoms with Crippen molar-refractivity contribution >= 4 is 32.9 Å². The van der Waals surface area contributed by atoms with Gasteiger partial charge in [0.05, 0.1) is 27.4 Å². The average Bonchev–Trinajstić information content (AvgIpc) is 3.16. The minimum Gasteiger partial charge on any atom is -0.493 e. The predicted octanol–water partition coefficient (Wildman–Crippen LogP) is 7.08. The van der Waals surface area contributed by atoms with Crippen molar-refractivity contribution in [1.29, 1.82) is 0 Å². The van der Waals surface area contributed by atoms with E-state index < -0.39 is 4.92 Å². The number of benzene rings is 2. The molecular weight excluding hydrogens is 400 g/mol. The van der Waals surface area contributed by atoms with Gasteiger partial charge in [-0.3, -0.25) is 10.1 Å². The zero-order chi connectivity index (χ0) is 21.3. The molecule has 0 saturated carbocycles. The molecule has 0 amide bonds. The Morgan fingerprint density at radius 1 is 1.23 bits per heavy atom. The summed E-state index contributed by atoms with van der Waals surface area (Å²) in [5, 5.41) is 20.2. The van der Waals surface area contributed by atoms with Gasteiger partial charge in [-0.1, -0.05) is 39.2 Å². The van der Waals surface area contributed by atoms with Crippen LogP contribution in [0.5, 0.6) is 5.75 Å². The molecule has 0 aliphatic rings. The third-order valence-electron chi connectivity index (χ3n) is 4.87. The minimum absolute atomic E-state index is 0.0659. The van der Waals surface area contributed by atoms with Crippen LogP contribution in [0, 0.1) is 16.0 Å². The zero-order valence-electron chi connectivity index (χ0n) is 17.3. The van der Waals surface area contributed by atoms with Crippen LogP contribution in [0.1, 0.15) is 44.5 Å². The number of non-ortho nitro benzene ring substituents is 1. The standard InChI is InChI=1S/C22H26N4O3S/c1-3-5-7-16(4-2)15-29-19-9-6-8-17(12-19)25-23-14-22-24-20-11-10-18(26(27)28)13-21(20)30-22/h6,8-13,16H,3-5,7,14-15H2,1-2H3. The number of rotatable bonds is 11. The van der Waals surface area contributed by atoms with Crippen LogP contribution in [0.4, 0.5) is 11.4 Å². The van der Waals surface area contributed by atoms with Gasteiger partial charge in [-0.05, 0) is 30.5 Å². The van der Waals surface area contributed by atoms with Crippen molar-refractivity contribution in [1.82, 2.24) is 4.98 Å². The van der Waals surface area contributed by atoms with Gasteiger partial charge in [0.2, 0.25) is 0 Å². The fourth-order valence-corrected chi connectivity index (χ4v) is 3.99. The number of unbranched alkanes of at least 4 members (excludes halogenated alkanes) is 1. The molecule has 0 bridgehead atoms. The first kappa shape index (κ1) is 21.8. The van der Waals surface area contributed by atoms with Gasteiger partial charge in [0.15, 0.2) is 0 Å². The van der Waals surface area contributed by atoms with E-state index in [-0.39, 0.29) is 5.69 Å². The quantitative estimate of drug-likeness (QED) is 0.186. The Balaban J connectivity index is 1.59. The minimum atomic E-state index is -0.403. The van der Waals surface area contributed by atoms with E-state index in [0.717, 1.165) is 39.7 Å². The summed E-state index contributed by atoms with van der Waals surface area (Å²) >= 11 is 1.39. The molecular formula is C22H26N4O3S.